The zero-order valence-corrected chi connectivity index (χ0v) is 26.3. The number of nitrogens with zero attached hydrogens (tertiary/aromatic N) is 7. The highest BCUT2D eigenvalue weighted by Crippen LogP contribution is 2.39. The minimum Gasteiger partial charge on any atom is -0.453 e. The van der Waals surface area contributed by atoms with Crippen molar-refractivity contribution in [1.29, 1.82) is 0 Å². The van der Waals surface area contributed by atoms with E-state index in [4.69, 9.17) is 9.72 Å². The van der Waals surface area contributed by atoms with Gasteiger partial charge in [-0.25, -0.2) is 24.1 Å². The van der Waals surface area contributed by atoms with Gasteiger partial charge in [-0.15, -0.1) is 13.2 Å². The van der Waals surface area contributed by atoms with Crippen molar-refractivity contribution in [2.45, 2.75) is 62.3 Å². The van der Waals surface area contributed by atoms with Gasteiger partial charge in [-0.2, -0.15) is 9.78 Å². The Morgan fingerprint density at radius 1 is 1.04 bits per heavy atom. The first-order valence-electron chi connectivity index (χ1n) is 15.5. The van der Waals surface area contributed by atoms with Crippen molar-refractivity contribution in [2.24, 2.45) is 0 Å². The number of pyridine rings is 2. The molecule has 1 aliphatic carbocycles. The molecule has 0 bridgehead atoms. The molecule has 6 heterocycles. The van der Waals surface area contributed by atoms with Gasteiger partial charge in [0.15, 0.2) is 0 Å². The van der Waals surface area contributed by atoms with Crippen LogP contribution in [0.15, 0.2) is 47.8 Å². The number of aliphatic hydroxyl groups is 4. The summed E-state index contributed by atoms with van der Waals surface area (Å²) in [4.78, 5) is 34.3. The lowest BCUT2D eigenvalue weighted by atomic mass is 10.1. The van der Waals surface area contributed by atoms with Crippen LogP contribution in [0, 0.1) is 0 Å². The van der Waals surface area contributed by atoms with Crippen LogP contribution in [0.2, 0.25) is 0 Å². The van der Waals surface area contributed by atoms with Crippen LogP contribution in [0.5, 0.6) is 0 Å². The average Bonchev–Trinajstić information content (AvgIpc) is 3.84. The second-order valence-electron chi connectivity index (χ2n) is 12.3. The zero-order chi connectivity index (χ0) is 35.6. The van der Waals surface area contributed by atoms with Crippen molar-refractivity contribution < 1.29 is 47.9 Å². The molecule has 1 aliphatic heterocycles. The molecule has 1 saturated carbocycles. The highest BCUT2D eigenvalue weighted by molar-refractivity contribution is 5.94. The lowest BCUT2D eigenvalue weighted by molar-refractivity contribution is -0.374. The molecular formula is C30H32F3N9O8. The van der Waals surface area contributed by atoms with Crippen LogP contribution in [0.1, 0.15) is 44.2 Å². The quantitative estimate of drug-likeness (QED) is 0.135. The number of anilines is 2. The Kier molecular flexibility index (Phi) is 8.09. The molecule has 17 nitrogen and oxygen atoms in total. The first-order valence-corrected chi connectivity index (χ1v) is 15.5. The van der Waals surface area contributed by atoms with Gasteiger partial charge in [0.25, 0.3) is 0 Å². The molecular weight excluding hydrogens is 671 g/mol. The Morgan fingerprint density at radius 3 is 2.48 bits per heavy atom. The normalized spacial score (nSPS) is 20.5. The maximum absolute atomic E-state index is 13.5. The van der Waals surface area contributed by atoms with Gasteiger partial charge in [0, 0.05) is 61.3 Å². The predicted octanol–water partition coefficient (Wildman–Crippen LogP) is 2.30. The lowest BCUT2D eigenvalue weighted by Crippen LogP contribution is -2.47. The summed E-state index contributed by atoms with van der Waals surface area (Å²) in [5.74, 6) is 0.371. The SMILES string of the molecule is COC(=O)NC1(O)CCC(n2c(=O)n(C(O)(O)O)c3cnc(Nc4ccc5c(n4)c(-c4cnn(C(F)(F)F)c4)cn5C4CCOCC4)cc32)C1. The summed E-state index contributed by atoms with van der Waals surface area (Å²) >= 11 is 0. The van der Waals surface area contributed by atoms with Gasteiger partial charge < -0.3 is 39.8 Å². The number of fused-ring (bicyclic) bond motifs is 2. The fourth-order valence-corrected chi connectivity index (χ4v) is 6.81. The number of alkyl halides is 3. The molecule has 20 heteroatoms. The van der Waals surface area contributed by atoms with Crippen molar-refractivity contribution in [3.05, 3.63) is 53.5 Å². The van der Waals surface area contributed by atoms with Crippen LogP contribution < -0.4 is 16.3 Å². The maximum Gasteiger partial charge on any atom is 0.504 e. The number of carbonyl (C=O) groups is 1. The molecule has 0 radical (unpaired) electrons. The number of nitrogens with one attached hydrogen (secondary N) is 2. The molecule has 0 aromatic carbocycles. The third kappa shape index (κ3) is 6.04. The number of aromatic nitrogens is 7. The summed E-state index contributed by atoms with van der Waals surface area (Å²) in [6, 6.07) is 4.08. The molecule has 50 heavy (non-hydrogen) atoms. The number of alkyl carbamates (subject to hydrolysis) is 1. The van der Waals surface area contributed by atoms with E-state index in [1.54, 1.807) is 18.3 Å². The molecule has 2 atom stereocenters. The Labute approximate surface area is 279 Å². The maximum atomic E-state index is 13.5. The van der Waals surface area contributed by atoms with Crippen molar-refractivity contribution in [3.63, 3.8) is 0 Å². The third-order valence-corrected chi connectivity index (χ3v) is 9.08. The van der Waals surface area contributed by atoms with E-state index in [1.165, 1.54) is 6.07 Å². The molecule has 2 unspecified atom stereocenters. The van der Waals surface area contributed by atoms with E-state index in [2.05, 4.69) is 25.5 Å². The number of halogens is 3. The van der Waals surface area contributed by atoms with Crippen molar-refractivity contribution in [1.82, 2.24) is 38.8 Å². The predicted molar refractivity (Wildman–Crippen MR) is 167 cm³/mol. The summed E-state index contributed by atoms with van der Waals surface area (Å²) in [6.45, 7) is 1.07. The average molecular weight is 704 g/mol. The van der Waals surface area contributed by atoms with E-state index in [1.807, 2.05) is 4.57 Å². The van der Waals surface area contributed by atoms with Crippen molar-refractivity contribution >= 4 is 39.8 Å². The van der Waals surface area contributed by atoms with Crippen molar-refractivity contribution in [2.75, 3.05) is 25.6 Å². The van der Waals surface area contributed by atoms with Gasteiger partial charge >= 0.3 is 24.2 Å². The first-order chi connectivity index (χ1) is 23.6. The minimum absolute atomic E-state index is 0.0240. The van der Waals surface area contributed by atoms with Crippen molar-refractivity contribution in [3.8, 4) is 11.1 Å². The lowest BCUT2D eigenvalue weighted by Gasteiger charge is -2.24. The van der Waals surface area contributed by atoms with Gasteiger partial charge in [-0.3, -0.25) is 9.88 Å². The fraction of sp³-hybridized carbons (Fsp3) is 0.433. The number of ether oxygens (including phenoxy) is 2. The number of amides is 1. The van der Waals surface area contributed by atoms with E-state index in [0.29, 0.717) is 47.2 Å². The molecule has 1 saturated heterocycles. The van der Waals surface area contributed by atoms with Gasteiger partial charge in [-0.05, 0) is 37.8 Å². The van der Waals surface area contributed by atoms with E-state index in [-0.39, 0.29) is 58.2 Å². The van der Waals surface area contributed by atoms with E-state index < -0.39 is 35.9 Å². The molecule has 0 spiro atoms. The second kappa shape index (κ2) is 12.1. The van der Waals surface area contributed by atoms with Gasteiger partial charge in [0.2, 0.25) is 0 Å². The van der Waals surface area contributed by atoms with Crippen LogP contribution >= 0.6 is 0 Å². The van der Waals surface area contributed by atoms with Crippen LogP contribution in [-0.2, 0) is 21.9 Å². The third-order valence-electron chi connectivity index (χ3n) is 9.08. The molecule has 2 fully saturated rings. The topological polar surface area (TPSA) is 216 Å². The second-order valence-corrected chi connectivity index (χ2v) is 12.3. The molecule has 7 rings (SSSR count). The number of imidazole rings is 1. The summed E-state index contributed by atoms with van der Waals surface area (Å²) in [5, 5.41) is 50.0. The Bertz CT molecular complexity index is 2140. The Morgan fingerprint density at radius 2 is 1.80 bits per heavy atom. The molecule has 5 aromatic rings. The summed E-state index contributed by atoms with van der Waals surface area (Å²) in [6.07, 6.45) is -2.86. The molecule has 1 amide bonds. The zero-order valence-electron chi connectivity index (χ0n) is 26.3. The molecule has 2 aliphatic rings. The first kappa shape index (κ1) is 33.5. The van der Waals surface area contributed by atoms with Crippen LogP contribution in [-0.4, -0.2) is 86.0 Å². The largest absolute Gasteiger partial charge is 0.504 e. The number of methoxy groups -OCH3 is 1. The van der Waals surface area contributed by atoms with E-state index in [0.717, 1.165) is 30.3 Å². The Hall–Kier alpha value is -5.02. The number of hydrogen-bond donors (Lipinski definition) is 6. The highest BCUT2D eigenvalue weighted by Gasteiger charge is 2.42. The minimum atomic E-state index is -4.71. The summed E-state index contributed by atoms with van der Waals surface area (Å²) < 4.78 is 53.7. The van der Waals surface area contributed by atoms with Gasteiger partial charge in [0.1, 0.15) is 17.4 Å². The number of rotatable bonds is 7. The van der Waals surface area contributed by atoms with Gasteiger partial charge in [-0.1, -0.05) is 0 Å². The molecule has 266 valence electrons. The molecule has 5 aromatic heterocycles. The summed E-state index contributed by atoms with van der Waals surface area (Å²) in [7, 11) is 1.13. The molecule has 6 N–H and O–H groups in total. The summed E-state index contributed by atoms with van der Waals surface area (Å²) in [5.41, 5.74) is -1.16. The fourth-order valence-electron chi connectivity index (χ4n) is 6.81. The van der Waals surface area contributed by atoms with E-state index >= 15 is 0 Å². The monoisotopic (exact) mass is 703 g/mol. The number of hydrogen-bond acceptors (Lipinski definition) is 12. The van der Waals surface area contributed by atoms with Crippen LogP contribution in [0.25, 0.3) is 33.2 Å². The standard InChI is InChI=1S/C30H32F3N9O8/c1-49-26(43)38-28(45)7-4-18(11-28)41-21-10-24(34-13-22(21)42(27(41)44)30(46,47)48)36-23-3-2-20-25(37-23)19(15-39(20)17-5-8-50-9-6-17)16-12-35-40(14-16)29(31,32)33/h2-3,10,12-15,17-18,45-48H,4-9,11H2,1H3,(H,38,43)(H,34,36,37). The number of carbonyl (C=O) groups excluding carboxylic acids is 1. The Balaban J connectivity index is 1.28. The highest BCUT2D eigenvalue weighted by atomic mass is 19.4. The van der Waals surface area contributed by atoms with Crippen LogP contribution in [0.3, 0.4) is 0 Å². The van der Waals surface area contributed by atoms with E-state index in [9.17, 15) is 43.2 Å². The van der Waals surface area contributed by atoms with Crippen LogP contribution in [0.4, 0.5) is 29.6 Å². The smallest absolute Gasteiger partial charge is 0.453 e. The van der Waals surface area contributed by atoms with Gasteiger partial charge in [0.05, 0.1) is 41.6 Å².